The molecule has 0 unspecified atom stereocenters. The molecule has 0 N–H and O–H groups in total. The van der Waals surface area contributed by atoms with Crippen LogP contribution in [0.25, 0.3) is 61.1 Å². The van der Waals surface area contributed by atoms with E-state index in [1.54, 1.807) is 0 Å². The first-order valence-electron chi connectivity index (χ1n) is 13.6. The van der Waals surface area contributed by atoms with Gasteiger partial charge in [-0.2, -0.15) is 0 Å². The highest BCUT2D eigenvalue weighted by atomic mass is 15.0. The van der Waals surface area contributed by atoms with Crippen LogP contribution in [-0.4, -0.2) is 9.55 Å². The third kappa shape index (κ3) is 3.53. The molecule has 39 heavy (non-hydrogen) atoms. The molecule has 5 aromatic carbocycles. The summed E-state index contributed by atoms with van der Waals surface area (Å²) in [6.07, 6.45) is 2.14. The van der Waals surface area contributed by atoms with E-state index in [1.165, 1.54) is 44.1 Å². The van der Waals surface area contributed by atoms with Crippen LogP contribution in [0, 0.1) is 0 Å². The van der Waals surface area contributed by atoms with Crippen LogP contribution < -0.4 is 0 Å². The smallest absolute Gasteiger partial charge is 0.0730 e. The van der Waals surface area contributed by atoms with Gasteiger partial charge in [-0.3, -0.25) is 0 Å². The molecule has 2 aromatic heterocycles. The standard InChI is InChI=1S/C37H26N2/c1-3-12-26(13-4-1)33-23-29(24-34(38-33)27-14-5-2-6-15-27)39-35-18-10-9-17-31(35)32-22-21-28-20-19-25-11-7-8-16-30(25)36(28)37(32)39/h1-18,21-24H,19-20H2. The number of nitrogens with zero attached hydrogens (tertiary/aromatic N) is 2. The van der Waals surface area contributed by atoms with Gasteiger partial charge in [-0.05, 0) is 47.7 Å². The van der Waals surface area contributed by atoms with Crippen molar-refractivity contribution in [3.63, 3.8) is 0 Å². The maximum atomic E-state index is 5.15. The normalized spacial score (nSPS) is 12.4. The van der Waals surface area contributed by atoms with Crippen molar-refractivity contribution in [3.8, 4) is 39.3 Å². The Morgan fingerprint density at radius 3 is 1.87 bits per heavy atom. The lowest BCUT2D eigenvalue weighted by Gasteiger charge is -2.22. The van der Waals surface area contributed by atoms with Crippen molar-refractivity contribution in [3.05, 3.63) is 145 Å². The first-order valence-corrected chi connectivity index (χ1v) is 13.6. The number of aromatic nitrogens is 2. The summed E-state index contributed by atoms with van der Waals surface area (Å²) in [5, 5.41) is 2.57. The van der Waals surface area contributed by atoms with E-state index in [1.807, 2.05) is 0 Å². The van der Waals surface area contributed by atoms with E-state index in [4.69, 9.17) is 4.98 Å². The first kappa shape index (κ1) is 22.1. The summed E-state index contributed by atoms with van der Waals surface area (Å²) in [7, 11) is 0. The number of fused-ring (bicyclic) bond motifs is 7. The van der Waals surface area contributed by atoms with E-state index >= 15 is 0 Å². The van der Waals surface area contributed by atoms with Gasteiger partial charge in [-0.15, -0.1) is 0 Å². The van der Waals surface area contributed by atoms with Gasteiger partial charge >= 0.3 is 0 Å². The molecule has 0 fully saturated rings. The largest absolute Gasteiger partial charge is 0.308 e. The number of benzene rings is 5. The molecule has 0 bridgehead atoms. The monoisotopic (exact) mass is 498 g/mol. The minimum Gasteiger partial charge on any atom is -0.308 e. The topological polar surface area (TPSA) is 17.8 Å². The summed E-state index contributed by atoms with van der Waals surface area (Å²) in [6.45, 7) is 0. The van der Waals surface area contributed by atoms with Gasteiger partial charge in [-0.25, -0.2) is 4.98 Å². The summed E-state index contributed by atoms with van der Waals surface area (Å²) in [5.74, 6) is 0. The molecule has 2 heteroatoms. The lowest BCUT2D eigenvalue weighted by atomic mass is 9.84. The van der Waals surface area contributed by atoms with E-state index < -0.39 is 0 Å². The highest BCUT2D eigenvalue weighted by Gasteiger charge is 2.24. The Kier molecular flexibility index (Phi) is 4.99. The molecular weight excluding hydrogens is 472 g/mol. The van der Waals surface area contributed by atoms with Crippen molar-refractivity contribution in [2.45, 2.75) is 12.8 Å². The fourth-order valence-electron chi connectivity index (χ4n) is 6.29. The van der Waals surface area contributed by atoms with Gasteiger partial charge < -0.3 is 4.57 Å². The third-order valence-corrected chi connectivity index (χ3v) is 8.08. The van der Waals surface area contributed by atoms with Crippen LogP contribution in [0.3, 0.4) is 0 Å². The summed E-state index contributed by atoms with van der Waals surface area (Å²) in [6, 6.07) is 47.9. The molecule has 184 valence electrons. The van der Waals surface area contributed by atoms with Crippen molar-refractivity contribution in [2.24, 2.45) is 0 Å². The molecule has 0 saturated heterocycles. The zero-order valence-electron chi connectivity index (χ0n) is 21.5. The molecule has 0 spiro atoms. The van der Waals surface area contributed by atoms with Crippen LogP contribution in [0.5, 0.6) is 0 Å². The molecule has 0 radical (unpaired) electrons. The number of hydrogen-bond acceptors (Lipinski definition) is 1. The van der Waals surface area contributed by atoms with Crippen LogP contribution in [0.1, 0.15) is 11.1 Å². The van der Waals surface area contributed by atoms with E-state index in [0.29, 0.717) is 0 Å². The molecule has 7 aromatic rings. The van der Waals surface area contributed by atoms with Crippen LogP contribution in [0.2, 0.25) is 0 Å². The second-order valence-electron chi connectivity index (χ2n) is 10.3. The first-order chi connectivity index (χ1) is 19.3. The number of rotatable bonds is 3. The fourth-order valence-corrected chi connectivity index (χ4v) is 6.29. The van der Waals surface area contributed by atoms with Crippen LogP contribution in [-0.2, 0) is 12.8 Å². The molecule has 1 aliphatic rings. The molecule has 2 heterocycles. The zero-order valence-corrected chi connectivity index (χ0v) is 21.5. The van der Waals surface area contributed by atoms with Crippen LogP contribution in [0.4, 0.5) is 0 Å². The van der Waals surface area contributed by atoms with Gasteiger partial charge in [0.2, 0.25) is 0 Å². The van der Waals surface area contributed by atoms with Gasteiger partial charge in [0.15, 0.2) is 0 Å². The van der Waals surface area contributed by atoms with Crippen molar-refractivity contribution in [2.75, 3.05) is 0 Å². The molecule has 2 nitrogen and oxygen atoms in total. The molecule has 0 amide bonds. The second-order valence-corrected chi connectivity index (χ2v) is 10.3. The average molecular weight is 499 g/mol. The summed E-state index contributed by atoms with van der Waals surface area (Å²) in [4.78, 5) is 5.15. The minimum absolute atomic E-state index is 0.975. The summed E-state index contributed by atoms with van der Waals surface area (Å²) >= 11 is 0. The van der Waals surface area contributed by atoms with E-state index in [-0.39, 0.29) is 0 Å². The summed E-state index contributed by atoms with van der Waals surface area (Å²) < 4.78 is 2.48. The minimum atomic E-state index is 0.975. The van der Waals surface area contributed by atoms with Crippen molar-refractivity contribution < 1.29 is 0 Å². The Hall–Kier alpha value is -4.95. The fraction of sp³-hybridized carbons (Fsp3) is 0.0541. The number of hydrogen-bond donors (Lipinski definition) is 0. The maximum Gasteiger partial charge on any atom is 0.0730 e. The van der Waals surface area contributed by atoms with Gasteiger partial charge in [0.25, 0.3) is 0 Å². The van der Waals surface area contributed by atoms with E-state index in [9.17, 15) is 0 Å². The van der Waals surface area contributed by atoms with Crippen LogP contribution >= 0.6 is 0 Å². The van der Waals surface area contributed by atoms with Crippen molar-refractivity contribution in [1.82, 2.24) is 9.55 Å². The Balaban J connectivity index is 1.51. The lowest BCUT2D eigenvalue weighted by molar-refractivity contribution is 0.943. The molecule has 0 aliphatic heterocycles. The van der Waals surface area contributed by atoms with Gasteiger partial charge in [-0.1, -0.05) is 115 Å². The highest BCUT2D eigenvalue weighted by molar-refractivity contribution is 6.14. The summed E-state index contributed by atoms with van der Waals surface area (Å²) in [5.41, 5.74) is 13.4. The SMILES string of the molecule is c1ccc(-c2cc(-n3c4ccccc4c4ccc5c(c43)-c3ccccc3CC5)cc(-c3ccccc3)n2)cc1. The molecular formula is C37H26N2. The number of aryl methyl sites for hydroxylation is 2. The van der Waals surface area contributed by atoms with Crippen molar-refractivity contribution >= 4 is 21.8 Å². The quantitative estimate of drug-likeness (QED) is 0.237. The van der Waals surface area contributed by atoms with Crippen LogP contribution in [0.15, 0.2) is 133 Å². The Morgan fingerprint density at radius 1 is 0.513 bits per heavy atom. The predicted molar refractivity (Wildman–Crippen MR) is 162 cm³/mol. The molecule has 0 saturated carbocycles. The van der Waals surface area contributed by atoms with Gasteiger partial charge in [0.05, 0.1) is 28.1 Å². The highest BCUT2D eigenvalue weighted by Crippen LogP contribution is 2.44. The molecule has 1 aliphatic carbocycles. The Labute approximate surface area is 227 Å². The van der Waals surface area contributed by atoms with Gasteiger partial charge in [0.1, 0.15) is 0 Å². The third-order valence-electron chi connectivity index (χ3n) is 8.08. The number of pyridine rings is 1. The van der Waals surface area contributed by atoms with E-state index in [0.717, 1.165) is 41.0 Å². The lowest BCUT2D eigenvalue weighted by Crippen LogP contribution is -2.06. The zero-order chi connectivity index (χ0) is 25.8. The molecule has 8 rings (SSSR count). The Morgan fingerprint density at radius 2 is 1.13 bits per heavy atom. The maximum absolute atomic E-state index is 5.15. The second kappa shape index (κ2) is 8.82. The van der Waals surface area contributed by atoms with Gasteiger partial charge in [0, 0.05) is 27.5 Å². The van der Waals surface area contributed by atoms with E-state index in [2.05, 4.69) is 138 Å². The Bertz CT molecular complexity index is 1940. The molecule has 0 atom stereocenters. The average Bonchev–Trinajstić information content (AvgIpc) is 3.36. The van der Waals surface area contributed by atoms with Crippen molar-refractivity contribution in [1.29, 1.82) is 0 Å². The predicted octanol–water partition coefficient (Wildman–Crippen LogP) is 9.28. The number of para-hydroxylation sites is 1.